The standard InChI is InChI=1S/C33H47N7/c1-5-10-29(24(3)28-14-7-6-11-23(28)2)32(35)33-38-25(15-16-27-13-9-20-40(27)4)21-31(39-33)30(34)17-19-36-22-26-12-8-18-37-26/h8,17-19,21,27-28,34-36H,2,5-7,9-16,20,22H2,1,3-4H3/b19-17-,29-24+,34-30?,35-32?/t27?,28-/m0/s1. The van der Waals surface area contributed by atoms with Gasteiger partial charge in [0.25, 0.3) is 0 Å². The number of aromatic nitrogens is 2. The molecule has 3 aliphatic rings. The first kappa shape index (κ1) is 29.8. The minimum absolute atomic E-state index is 0.313. The van der Waals surface area contributed by atoms with Crippen molar-refractivity contribution in [3.63, 3.8) is 0 Å². The van der Waals surface area contributed by atoms with Crippen LogP contribution in [0.15, 0.2) is 58.9 Å². The van der Waals surface area contributed by atoms with Crippen molar-refractivity contribution in [3.05, 3.63) is 71.1 Å². The van der Waals surface area contributed by atoms with Crippen molar-refractivity contribution >= 4 is 17.1 Å². The summed E-state index contributed by atoms with van der Waals surface area (Å²) in [5.41, 5.74) is 6.87. The summed E-state index contributed by atoms with van der Waals surface area (Å²) in [6.07, 6.45) is 19.0. The molecule has 2 fully saturated rings. The van der Waals surface area contributed by atoms with Gasteiger partial charge in [0, 0.05) is 36.0 Å². The Bertz CT molecular complexity index is 1220. The molecule has 0 spiro atoms. The highest BCUT2D eigenvalue weighted by atomic mass is 15.1. The fourth-order valence-electron chi connectivity index (χ4n) is 6.17. The summed E-state index contributed by atoms with van der Waals surface area (Å²) in [6, 6.07) is 2.51. The number of hydrogen-bond donors (Lipinski definition) is 3. The molecule has 2 atom stereocenters. The molecule has 0 radical (unpaired) electrons. The molecule has 1 aliphatic carbocycles. The summed E-state index contributed by atoms with van der Waals surface area (Å²) in [5.74, 6) is 0.775. The third kappa shape index (κ3) is 7.72. The molecule has 1 aromatic heterocycles. The maximum atomic E-state index is 9.29. The molecule has 40 heavy (non-hydrogen) atoms. The summed E-state index contributed by atoms with van der Waals surface area (Å²) in [5, 5.41) is 21.3. The Balaban J connectivity index is 1.59. The Kier molecular flexibility index (Phi) is 10.8. The predicted octanol–water partition coefficient (Wildman–Crippen LogP) is 6.56. The minimum Gasteiger partial charge on any atom is -0.386 e. The quantitative estimate of drug-likeness (QED) is 0.194. The molecule has 0 amide bonds. The zero-order valence-corrected chi connectivity index (χ0v) is 24.7. The second kappa shape index (κ2) is 14.4. The van der Waals surface area contributed by atoms with Crippen molar-refractivity contribution in [2.45, 2.75) is 90.5 Å². The molecular formula is C33H47N7. The van der Waals surface area contributed by atoms with Gasteiger partial charge in [-0.25, -0.2) is 9.97 Å². The van der Waals surface area contributed by atoms with E-state index >= 15 is 0 Å². The highest BCUT2D eigenvalue weighted by molar-refractivity contribution is 6.10. The lowest BCUT2D eigenvalue weighted by Gasteiger charge is -2.28. The third-order valence-electron chi connectivity index (χ3n) is 8.61. The number of likely N-dealkylation sites (tertiary alicyclic amines) is 1. The van der Waals surface area contributed by atoms with Gasteiger partial charge in [-0.2, -0.15) is 0 Å². The largest absolute Gasteiger partial charge is 0.386 e. The van der Waals surface area contributed by atoms with Crippen LogP contribution in [0.4, 0.5) is 0 Å². The van der Waals surface area contributed by atoms with Crippen LogP contribution in [-0.4, -0.2) is 58.2 Å². The second-order valence-electron chi connectivity index (χ2n) is 11.5. The fraction of sp³-hybridized carbons (Fsp3) is 0.545. The van der Waals surface area contributed by atoms with Gasteiger partial charge in [0.1, 0.15) is 5.71 Å². The Morgan fingerprint density at radius 2 is 2.05 bits per heavy atom. The van der Waals surface area contributed by atoms with E-state index in [0.29, 0.717) is 41.4 Å². The van der Waals surface area contributed by atoms with Crippen LogP contribution in [0.25, 0.3) is 0 Å². The molecule has 0 bridgehead atoms. The van der Waals surface area contributed by atoms with Crippen LogP contribution in [0.3, 0.4) is 0 Å². The molecule has 1 unspecified atom stereocenters. The van der Waals surface area contributed by atoms with Gasteiger partial charge in [0.15, 0.2) is 5.82 Å². The summed E-state index contributed by atoms with van der Waals surface area (Å²) in [7, 11) is 2.20. The van der Waals surface area contributed by atoms with Crippen LogP contribution in [0.2, 0.25) is 0 Å². The van der Waals surface area contributed by atoms with Gasteiger partial charge in [0.2, 0.25) is 0 Å². The van der Waals surface area contributed by atoms with Crippen molar-refractivity contribution in [2.24, 2.45) is 10.9 Å². The molecule has 7 nitrogen and oxygen atoms in total. The Morgan fingerprint density at radius 1 is 1.20 bits per heavy atom. The molecule has 0 aromatic carbocycles. The zero-order valence-electron chi connectivity index (χ0n) is 24.7. The van der Waals surface area contributed by atoms with Crippen molar-refractivity contribution in [1.29, 1.82) is 10.8 Å². The van der Waals surface area contributed by atoms with E-state index < -0.39 is 0 Å². The van der Waals surface area contributed by atoms with E-state index in [4.69, 9.17) is 15.4 Å². The fourth-order valence-corrected chi connectivity index (χ4v) is 6.17. The van der Waals surface area contributed by atoms with Crippen LogP contribution >= 0.6 is 0 Å². The number of nitrogens with zero attached hydrogens (tertiary/aromatic N) is 4. The van der Waals surface area contributed by atoms with Crippen molar-refractivity contribution in [1.82, 2.24) is 20.2 Å². The van der Waals surface area contributed by atoms with E-state index in [1.54, 1.807) is 12.3 Å². The maximum absolute atomic E-state index is 9.29. The number of rotatable bonds is 13. The van der Waals surface area contributed by atoms with Crippen LogP contribution in [0, 0.1) is 16.7 Å². The highest BCUT2D eigenvalue weighted by Gasteiger charge is 2.25. The van der Waals surface area contributed by atoms with Crippen LogP contribution in [0.5, 0.6) is 0 Å². The number of nitrogens with one attached hydrogen (secondary N) is 3. The summed E-state index contributed by atoms with van der Waals surface area (Å²) < 4.78 is 0. The lowest BCUT2D eigenvalue weighted by Crippen LogP contribution is -2.25. The summed E-state index contributed by atoms with van der Waals surface area (Å²) in [4.78, 5) is 16.5. The van der Waals surface area contributed by atoms with Crippen LogP contribution in [0.1, 0.15) is 95.3 Å². The van der Waals surface area contributed by atoms with E-state index in [1.807, 2.05) is 18.3 Å². The van der Waals surface area contributed by atoms with E-state index in [-0.39, 0.29) is 0 Å². The number of aryl methyl sites for hydroxylation is 1. The van der Waals surface area contributed by atoms with Gasteiger partial charge in [-0.15, -0.1) is 0 Å². The average molecular weight is 542 g/mol. The molecule has 3 heterocycles. The first-order chi connectivity index (χ1) is 19.4. The Hall–Kier alpha value is -3.19. The van der Waals surface area contributed by atoms with Gasteiger partial charge in [-0.1, -0.05) is 43.6 Å². The molecule has 1 saturated heterocycles. The SMILES string of the molecule is C=C1CCCC[C@@H]1/C(C)=C(\CCC)C(=N)c1nc(CCC2CCCN2C)cc(C(=N)/C=C\NCC2=NC=CC2)n1. The summed E-state index contributed by atoms with van der Waals surface area (Å²) in [6.45, 7) is 10.5. The smallest absolute Gasteiger partial charge is 0.178 e. The molecular weight excluding hydrogens is 494 g/mol. The molecule has 3 N–H and O–H groups in total. The summed E-state index contributed by atoms with van der Waals surface area (Å²) >= 11 is 0. The Labute approximate surface area is 240 Å². The minimum atomic E-state index is 0.313. The van der Waals surface area contributed by atoms with Gasteiger partial charge in [-0.3, -0.25) is 15.8 Å². The van der Waals surface area contributed by atoms with E-state index in [9.17, 15) is 5.41 Å². The van der Waals surface area contributed by atoms with Gasteiger partial charge in [0.05, 0.1) is 18.0 Å². The molecule has 214 valence electrons. The number of aliphatic imine (C=N–C) groups is 1. The van der Waals surface area contributed by atoms with Crippen molar-refractivity contribution < 1.29 is 0 Å². The Morgan fingerprint density at radius 3 is 2.75 bits per heavy atom. The van der Waals surface area contributed by atoms with Gasteiger partial charge < -0.3 is 10.2 Å². The predicted molar refractivity (Wildman–Crippen MR) is 167 cm³/mol. The molecule has 1 aromatic rings. The van der Waals surface area contributed by atoms with Crippen LogP contribution in [-0.2, 0) is 6.42 Å². The number of hydrogen-bond acceptors (Lipinski definition) is 7. The van der Waals surface area contributed by atoms with Gasteiger partial charge >= 0.3 is 0 Å². The first-order valence-electron chi connectivity index (χ1n) is 15.1. The lowest BCUT2D eigenvalue weighted by atomic mass is 9.78. The first-order valence-corrected chi connectivity index (χ1v) is 15.1. The van der Waals surface area contributed by atoms with E-state index in [2.05, 4.69) is 42.7 Å². The molecule has 1 saturated carbocycles. The van der Waals surface area contributed by atoms with Crippen molar-refractivity contribution in [2.75, 3.05) is 20.1 Å². The monoisotopic (exact) mass is 541 g/mol. The zero-order chi connectivity index (χ0) is 28.5. The van der Waals surface area contributed by atoms with E-state index in [1.165, 1.54) is 36.8 Å². The van der Waals surface area contributed by atoms with E-state index in [0.717, 1.165) is 68.5 Å². The third-order valence-corrected chi connectivity index (χ3v) is 8.61. The maximum Gasteiger partial charge on any atom is 0.178 e. The number of allylic oxidation sites excluding steroid dienone is 5. The lowest BCUT2D eigenvalue weighted by molar-refractivity contribution is 0.296. The highest BCUT2D eigenvalue weighted by Crippen LogP contribution is 2.36. The molecule has 7 heteroatoms. The van der Waals surface area contributed by atoms with Gasteiger partial charge in [-0.05, 0) is 95.8 Å². The van der Waals surface area contributed by atoms with Crippen LogP contribution < -0.4 is 5.32 Å². The van der Waals surface area contributed by atoms with Crippen molar-refractivity contribution in [3.8, 4) is 0 Å². The second-order valence-corrected chi connectivity index (χ2v) is 11.5. The molecule has 4 rings (SSSR count). The molecule has 2 aliphatic heterocycles. The average Bonchev–Trinajstić information content (AvgIpc) is 3.63. The topological polar surface area (TPSA) is 101 Å². The normalized spacial score (nSPS) is 22.1.